The van der Waals surface area contributed by atoms with Crippen LogP contribution in [0.2, 0.25) is 0 Å². The summed E-state index contributed by atoms with van der Waals surface area (Å²) in [5.74, 6) is 0. The molecule has 2 rings (SSSR count). The normalized spacial score (nSPS) is 18.4. The number of hydrogen-bond donors (Lipinski definition) is 0. The Labute approximate surface area is 168 Å². The summed E-state index contributed by atoms with van der Waals surface area (Å²) in [6.07, 6.45) is 2.81. The number of carbonyl (C=O) groups is 2. The number of rotatable bonds is 8. The van der Waals surface area contributed by atoms with E-state index >= 15 is 0 Å². The van der Waals surface area contributed by atoms with Gasteiger partial charge >= 0.3 is 12.2 Å². The summed E-state index contributed by atoms with van der Waals surface area (Å²) in [5, 5.41) is 2.77. The van der Waals surface area contributed by atoms with Crippen LogP contribution in [0.1, 0.15) is 57.6 Å². The SMILES string of the molecule is C=C(c1ccc(C)cc1)[C@H]1[C@H](CCCCC)N(C(=O)OCC)N1C(=O)OCC. The molecule has 2 amide bonds. The summed E-state index contributed by atoms with van der Waals surface area (Å²) in [6.45, 7) is 12.4. The fourth-order valence-corrected chi connectivity index (χ4v) is 3.53. The van der Waals surface area contributed by atoms with Crippen LogP contribution in [0, 0.1) is 6.92 Å². The molecule has 0 unspecified atom stereocenters. The van der Waals surface area contributed by atoms with Gasteiger partial charge in [-0.3, -0.25) is 0 Å². The van der Waals surface area contributed by atoms with E-state index < -0.39 is 12.2 Å². The van der Waals surface area contributed by atoms with Crippen LogP contribution in [0.5, 0.6) is 0 Å². The molecule has 1 heterocycles. The fourth-order valence-electron chi connectivity index (χ4n) is 3.53. The molecule has 154 valence electrons. The van der Waals surface area contributed by atoms with Crippen LogP contribution in [-0.4, -0.2) is 47.5 Å². The van der Waals surface area contributed by atoms with Gasteiger partial charge in [0.2, 0.25) is 0 Å². The maximum absolute atomic E-state index is 12.6. The monoisotopic (exact) mass is 388 g/mol. The van der Waals surface area contributed by atoms with Crippen molar-refractivity contribution in [1.82, 2.24) is 10.0 Å². The van der Waals surface area contributed by atoms with E-state index in [4.69, 9.17) is 9.47 Å². The molecule has 0 aliphatic carbocycles. The van der Waals surface area contributed by atoms with E-state index in [1.165, 1.54) is 10.0 Å². The van der Waals surface area contributed by atoms with Gasteiger partial charge in [-0.15, -0.1) is 0 Å². The molecular formula is C22H32N2O4. The standard InChI is InChI=1S/C22H32N2O4/c1-6-9-10-11-19-20(17(5)18-14-12-16(4)13-15-18)24(22(26)28-8-3)23(19)21(25)27-7-2/h12-15,19-20H,5-11H2,1-4H3/t19-,20-/m0/s1. The summed E-state index contributed by atoms with van der Waals surface area (Å²) in [7, 11) is 0. The van der Waals surface area contributed by atoms with Crippen molar-refractivity contribution in [3.05, 3.63) is 42.0 Å². The summed E-state index contributed by atoms with van der Waals surface area (Å²) < 4.78 is 10.4. The van der Waals surface area contributed by atoms with Gasteiger partial charge in [0.15, 0.2) is 0 Å². The van der Waals surface area contributed by atoms with Crippen molar-refractivity contribution in [3.63, 3.8) is 0 Å². The molecule has 1 aliphatic heterocycles. The van der Waals surface area contributed by atoms with Crippen LogP contribution in [0.15, 0.2) is 30.8 Å². The number of hydrazine groups is 1. The number of unbranched alkanes of at least 4 members (excludes halogenated alkanes) is 2. The van der Waals surface area contributed by atoms with Crippen molar-refractivity contribution in [1.29, 1.82) is 0 Å². The third-order valence-corrected chi connectivity index (χ3v) is 4.97. The second-order valence-electron chi connectivity index (χ2n) is 6.99. The fraction of sp³-hybridized carbons (Fsp3) is 0.545. The van der Waals surface area contributed by atoms with Crippen LogP contribution in [0.3, 0.4) is 0 Å². The molecule has 0 bridgehead atoms. The van der Waals surface area contributed by atoms with Crippen molar-refractivity contribution in [2.24, 2.45) is 0 Å². The second-order valence-corrected chi connectivity index (χ2v) is 6.99. The molecule has 1 saturated heterocycles. The van der Waals surface area contributed by atoms with Crippen LogP contribution < -0.4 is 0 Å². The number of carbonyl (C=O) groups excluding carboxylic acids is 2. The van der Waals surface area contributed by atoms with Crippen molar-refractivity contribution in [3.8, 4) is 0 Å². The van der Waals surface area contributed by atoms with Crippen molar-refractivity contribution >= 4 is 17.8 Å². The highest BCUT2D eigenvalue weighted by Crippen LogP contribution is 2.39. The van der Waals surface area contributed by atoms with E-state index in [0.717, 1.165) is 42.4 Å². The molecule has 0 saturated carbocycles. The first kappa shape index (κ1) is 21.8. The number of ether oxygens (including phenoxy) is 2. The molecule has 1 aliphatic rings. The van der Waals surface area contributed by atoms with Crippen molar-refractivity contribution in [2.75, 3.05) is 13.2 Å². The first-order chi connectivity index (χ1) is 13.5. The maximum atomic E-state index is 12.6. The molecule has 6 nitrogen and oxygen atoms in total. The Hall–Kier alpha value is -2.50. The third-order valence-electron chi connectivity index (χ3n) is 4.97. The third kappa shape index (κ3) is 4.66. The lowest BCUT2D eigenvalue weighted by Crippen LogP contribution is -2.74. The van der Waals surface area contributed by atoms with Gasteiger partial charge < -0.3 is 9.47 Å². The van der Waals surface area contributed by atoms with Gasteiger partial charge in [0.1, 0.15) is 6.04 Å². The largest absolute Gasteiger partial charge is 0.448 e. The lowest BCUT2D eigenvalue weighted by molar-refractivity contribution is -0.147. The molecule has 0 spiro atoms. The van der Waals surface area contributed by atoms with Gasteiger partial charge in [0, 0.05) is 0 Å². The van der Waals surface area contributed by atoms with E-state index in [9.17, 15) is 9.59 Å². The zero-order valence-corrected chi connectivity index (χ0v) is 17.4. The Morgan fingerprint density at radius 3 is 2.07 bits per heavy atom. The Morgan fingerprint density at radius 1 is 0.964 bits per heavy atom. The first-order valence-electron chi connectivity index (χ1n) is 10.1. The molecule has 0 radical (unpaired) electrons. The quantitative estimate of drug-likeness (QED) is 0.576. The van der Waals surface area contributed by atoms with Gasteiger partial charge in [-0.1, -0.05) is 62.6 Å². The van der Waals surface area contributed by atoms with E-state index in [0.29, 0.717) is 0 Å². The zero-order chi connectivity index (χ0) is 20.7. The summed E-state index contributed by atoms with van der Waals surface area (Å²) >= 11 is 0. The zero-order valence-electron chi connectivity index (χ0n) is 17.4. The predicted molar refractivity (Wildman–Crippen MR) is 110 cm³/mol. The molecule has 0 N–H and O–H groups in total. The van der Waals surface area contributed by atoms with Crippen molar-refractivity contribution in [2.45, 2.75) is 65.5 Å². The van der Waals surface area contributed by atoms with Gasteiger partial charge in [-0.05, 0) is 38.3 Å². The minimum atomic E-state index is -0.555. The highest BCUT2D eigenvalue weighted by atomic mass is 16.6. The average Bonchev–Trinajstić information content (AvgIpc) is 2.64. The molecule has 1 fully saturated rings. The minimum Gasteiger partial charge on any atom is -0.448 e. The highest BCUT2D eigenvalue weighted by Gasteiger charge is 2.54. The molecular weight excluding hydrogens is 356 g/mol. The number of nitrogens with zero attached hydrogens (tertiary/aromatic N) is 2. The number of amides is 2. The Bertz CT molecular complexity index is 686. The van der Waals surface area contributed by atoms with E-state index in [2.05, 4.69) is 13.5 Å². The maximum Gasteiger partial charge on any atom is 0.429 e. The Balaban J connectivity index is 2.33. The second kappa shape index (κ2) is 10.2. The van der Waals surface area contributed by atoms with Gasteiger partial charge in [-0.25, -0.2) is 19.6 Å². The average molecular weight is 389 g/mol. The highest BCUT2D eigenvalue weighted by molar-refractivity contribution is 5.82. The van der Waals surface area contributed by atoms with E-state index in [-0.39, 0.29) is 25.3 Å². The predicted octanol–water partition coefficient (Wildman–Crippen LogP) is 5.17. The van der Waals surface area contributed by atoms with Crippen LogP contribution in [0.25, 0.3) is 5.57 Å². The van der Waals surface area contributed by atoms with Gasteiger partial charge in [0.25, 0.3) is 0 Å². The molecule has 1 aromatic carbocycles. The van der Waals surface area contributed by atoms with E-state index in [1.807, 2.05) is 31.2 Å². The van der Waals surface area contributed by atoms with Crippen LogP contribution in [0.4, 0.5) is 9.59 Å². The molecule has 2 atom stereocenters. The first-order valence-corrected chi connectivity index (χ1v) is 10.1. The topological polar surface area (TPSA) is 59.1 Å². The Kier molecular flexibility index (Phi) is 7.91. The molecule has 0 aromatic heterocycles. The summed E-state index contributed by atoms with van der Waals surface area (Å²) in [6, 6.07) is 7.52. The minimum absolute atomic E-state index is 0.177. The van der Waals surface area contributed by atoms with Crippen LogP contribution in [-0.2, 0) is 9.47 Å². The Morgan fingerprint density at radius 2 is 1.54 bits per heavy atom. The lowest BCUT2D eigenvalue weighted by Gasteiger charge is -2.55. The number of hydrogen-bond acceptors (Lipinski definition) is 4. The number of benzene rings is 1. The molecule has 1 aromatic rings. The molecule has 6 heteroatoms. The van der Waals surface area contributed by atoms with Gasteiger partial charge in [-0.2, -0.15) is 0 Å². The van der Waals surface area contributed by atoms with Crippen LogP contribution >= 0.6 is 0 Å². The van der Waals surface area contributed by atoms with E-state index in [1.54, 1.807) is 13.8 Å². The molecule has 28 heavy (non-hydrogen) atoms. The smallest absolute Gasteiger partial charge is 0.429 e. The summed E-state index contributed by atoms with van der Waals surface area (Å²) in [5.41, 5.74) is 2.91. The van der Waals surface area contributed by atoms with Crippen molar-refractivity contribution < 1.29 is 19.1 Å². The lowest BCUT2D eigenvalue weighted by atomic mass is 9.86. The van der Waals surface area contributed by atoms with Gasteiger partial charge in [0.05, 0.1) is 19.3 Å². The number of aryl methyl sites for hydroxylation is 1. The summed E-state index contributed by atoms with van der Waals surface area (Å²) in [4.78, 5) is 25.2.